The van der Waals surface area contributed by atoms with Crippen LogP contribution in [0.1, 0.15) is 58.6 Å². The summed E-state index contributed by atoms with van der Waals surface area (Å²) in [5, 5.41) is 3.57. The fourth-order valence-corrected chi connectivity index (χ4v) is 4.98. The van der Waals surface area contributed by atoms with Crippen molar-refractivity contribution in [2.24, 2.45) is 11.3 Å². The molecular weight excluding hydrogens is 410 g/mol. The molecule has 0 aromatic heterocycles. The molecule has 2 aromatic carbocycles. The Bertz CT molecular complexity index is 1100. The largest absolute Gasteiger partial charge is 0.378 e. The summed E-state index contributed by atoms with van der Waals surface area (Å²) in [6, 6.07) is 15.7. The molecule has 1 heterocycles. The van der Waals surface area contributed by atoms with Crippen LogP contribution in [-0.2, 0) is 9.59 Å². The fourth-order valence-electron chi connectivity index (χ4n) is 4.98. The molecule has 0 saturated carbocycles. The predicted molar refractivity (Wildman–Crippen MR) is 136 cm³/mol. The zero-order valence-corrected chi connectivity index (χ0v) is 20.6. The van der Waals surface area contributed by atoms with Gasteiger partial charge in [0, 0.05) is 43.9 Å². The number of hydrogen-bond donors (Lipinski definition) is 1. The van der Waals surface area contributed by atoms with Gasteiger partial charge in [0.25, 0.3) is 0 Å². The molecule has 0 saturated heterocycles. The van der Waals surface area contributed by atoms with Crippen LogP contribution in [0, 0.1) is 11.3 Å². The molecule has 5 nitrogen and oxygen atoms in total. The fraction of sp³-hybridized carbons (Fsp3) is 0.429. The number of anilines is 3. The summed E-state index contributed by atoms with van der Waals surface area (Å²) >= 11 is 0. The van der Waals surface area contributed by atoms with Crippen LogP contribution in [0.4, 0.5) is 17.1 Å². The molecule has 1 aliphatic carbocycles. The zero-order chi connectivity index (χ0) is 23.9. The molecule has 0 bridgehead atoms. The van der Waals surface area contributed by atoms with Gasteiger partial charge in [-0.15, -0.1) is 0 Å². The zero-order valence-electron chi connectivity index (χ0n) is 20.6. The van der Waals surface area contributed by atoms with Gasteiger partial charge in [-0.1, -0.05) is 52.0 Å². The molecule has 33 heavy (non-hydrogen) atoms. The Morgan fingerprint density at radius 2 is 1.76 bits per heavy atom. The normalized spacial score (nSPS) is 19.5. The van der Waals surface area contributed by atoms with Crippen molar-refractivity contribution in [3.05, 3.63) is 65.4 Å². The van der Waals surface area contributed by atoms with Crippen LogP contribution in [0.25, 0.3) is 0 Å². The van der Waals surface area contributed by atoms with Crippen LogP contribution in [0.2, 0.25) is 0 Å². The van der Waals surface area contributed by atoms with E-state index in [1.807, 2.05) is 48.2 Å². The van der Waals surface area contributed by atoms with Crippen LogP contribution in [-0.4, -0.2) is 25.8 Å². The molecule has 0 fully saturated rings. The molecular formula is C28H35N3O2. The summed E-state index contributed by atoms with van der Waals surface area (Å²) in [7, 11) is 4.01. The number of carbonyl (C=O) groups excluding carboxylic acids is 2. The number of allylic oxidation sites excluding steroid dienone is 1. The highest BCUT2D eigenvalue weighted by Crippen LogP contribution is 2.48. The highest BCUT2D eigenvalue weighted by atomic mass is 16.2. The summed E-state index contributed by atoms with van der Waals surface area (Å²) in [6.07, 6.45) is 1.66. The standard InChI is InChI=1S/C28H35N3O2/c1-18(2)15-25(33)31-23-10-8-7-9-21(23)29-22-16-28(3,4)17-24(32)26(22)27(31)19-11-13-20(14-12-19)30(5)6/h7-14,18,27,29H,15-17H2,1-6H3/t27-/m1/s1. The number of ketones is 1. The smallest absolute Gasteiger partial charge is 0.228 e. The number of nitrogens with zero attached hydrogens (tertiary/aromatic N) is 2. The number of benzene rings is 2. The molecule has 2 aromatic rings. The lowest BCUT2D eigenvalue weighted by Gasteiger charge is -2.37. The van der Waals surface area contributed by atoms with Gasteiger partial charge >= 0.3 is 0 Å². The number of Topliss-reactive ketones (excluding diaryl/α,β-unsaturated/α-hetero) is 1. The van der Waals surface area contributed by atoms with Crippen molar-refractivity contribution in [1.82, 2.24) is 0 Å². The quantitative estimate of drug-likeness (QED) is 0.633. The Hall–Kier alpha value is -3.08. The van der Waals surface area contributed by atoms with E-state index >= 15 is 0 Å². The lowest BCUT2D eigenvalue weighted by molar-refractivity contribution is -0.120. The van der Waals surface area contributed by atoms with Gasteiger partial charge in [0.05, 0.1) is 17.4 Å². The van der Waals surface area contributed by atoms with E-state index in [0.717, 1.165) is 40.3 Å². The van der Waals surface area contributed by atoms with E-state index in [-0.39, 0.29) is 23.0 Å². The van der Waals surface area contributed by atoms with Crippen LogP contribution in [0.15, 0.2) is 59.8 Å². The van der Waals surface area contributed by atoms with Gasteiger partial charge in [-0.2, -0.15) is 0 Å². The van der Waals surface area contributed by atoms with Crippen LogP contribution < -0.4 is 15.1 Å². The van der Waals surface area contributed by atoms with Gasteiger partial charge in [0.2, 0.25) is 5.91 Å². The van der Waals surface area contributed by atoms with E-state index in [1.165, 1.54) is 0 Å². The highest BCUT2D eigenvalue weighted by molar-refractivity contribution is 6.06. The summed E-state index contributed by atoms with van der Waals surface area (Å²) in [6.45, 7) is 8.38. The SMILES string of the molecule is CC(C)CC(=O)N1c2ccccc2NC2=C(C(=O)CC(C)(C)C2)[C@H]1c1ccc(N(C)C)cc1. The third-order valence-corrected chi connectivity index (χ3v) is 6.48. The van der Waals surface area contributed by atoms with Crippen molar-refractivity contribution < 1.29 is 9.59 Å². The first-order chi connectivity index (χ1) is 15.6. The third-order valence-electron chi connectivity index (χ3n) is 6.48. The Kier molecular flexibility index (Phi) is 6.08. The number of amides is 1. The Balaban J connectivity index is 1.96. The molecule has 1 atom stereocenters. The summed E-state index contributed by atoms with van der Waals surface area (Å²) < 4.78 is 0. The predicted octanol–water partition coefficient (Wildman–Crippen LogP) is 5.94. The Morgan fingerprint density at radius 3 is 2.39 bits per heavy atom. The molecule has 0 spiro atoms. The Morgan fingerprint density at radius 1 is 1.09 bits per heavy atom. The topological polar surface area (TPSA) is 52.7 Å². The average Bonchev–Trinajstić information content (AvgIpc) is 2.86. The number of rotatable bonds is 4. The summed E-state index contributed by atoms with van der Waals surface area (Å²) in [5.74, 6) is 0.366. The second-order valence-corrected chi connectivity index (χ2v) is 10.7. The van der Waals surface area contributed by atoms with E-state index < -0.39 is 6.04 Å². The van der Waals surface area contributed by atoms with Gasteiger partial charge in [-0.3, -0.25) is 14.5 Å². The van der Waals surface area contributed by atoms with Crippen molar-refractivity contribution in [3.63, 3.8) is 0 Å². The number of para-hydroxylation sites is 2. The molecule has 1 aliphatic heterocycles. The lowest BCUT2D eigenvalue weighted by atomic mass is 9.73. The monoisotopic (exact) mass is 445 g/mol. The van der Waals surface area contributed by atoms with Crippen LogP contribution >= 0.6 is 0 Å². The first kappa shape index (κ1) is 23.1. The average molecular weight is 446 g/mol. The van der Waals surface area contributed by atoms with E-state index in [0.29, 0.717) is 12.8 Å². The van der Waals surface area contributed by atoms with Crippen molar-refractivity contribution in [2.45, 2.75) is 53.0 Å². The molecule has 1 N–H and O–H groups in total. The summed E-state index contributed by atoms with van der Waals surface area (Å²) in [5.41, 5.74) is 5.26. The van der Waals surface area contributed by atoms with Gasteiger partial charge in [0.1, 0.15) is 0 Å². The van der Waals surface area contributed by atoms with E-state index in [2.05, 4.69) is 57.3 Å². The molecule has 0 radical (unpaired) electrons. The minimum Gasteiger partial charge on any atom is -0.378 e. The first-order valence-corrected chi connectivity index (χ1v) is 11.8. The molecule has 1 amide bonds. The van der Waals surface area contributed by atoms with Gasteiger partial charge < -0.3 is 10.2 Å². The van der Waals surface area contributed by atoms with Crippen molar-refractivity contribution in [3.8, 4) is 0 Å². The molecule has 0 unspecified atom stereocenters. The molecule has 2 aliphatic rings. The van der Waals surface area contributed by atoms with Gasteiger partial charge in [-0.25, -0.2) is 0 Å². The van der Waals surface area contributed by atoms with E-state index in [1.54, 1.807) is 0 Å². The maximum atomic E-state index is 13.7. The minimum atomic E-state index is -0.456. The Labute approximate surface area is 197 Å². The van der Waals surface area contributed by atoms with Crippen LogP contribution in [0.3, 0.4) is 0 Å². The van der Waals surface area contributed by atoms with Crippen LogP contribution in [0.5, 0.6) is 0 Å². The molecule has 4 rings (SSSR count). The van der Waals surface area contributed by atoms with Crippen molar-refractivity contribution in [2.75, 3.05) is 29.2 Å². The van der Waals surface area contributed by atoms with E-state index in [4.69, 9.17) is 0 Å². The van der Waals surface area contributed by atoms with Gasteiger partial charge in [0.15, 0.2) is 5.78 Å². The number of fused-ring (bicyclic) bond motifs is 1. The second-order valence-electron chi connectivity index (χ2n) is 10.7. The molecule has 5 heteroatoms. The molecule has 174 valence electrons. The van der Waals surface area contributed by atoms with Crippen molar-refractivity contribution in [1.29, 1.82) is 0 Å². The number of nitrogens with one attached hydrogen (secondary N) is 1. The maximum absolute atomic E-state index is 13.7. The van der Waals surface area contributed by atoms with Crippen molar-refractivity contribution >= 4 is 28.8 Å². The maximum Gasteiger partial charge on any atom is 0.228 e. The minimum absolute atomic E-state index is 0.0346. The summed E-state index contributed by atoms with van der Waals surface area (Å²) in [4.78, 5) is 31.3. The van der Waals surface area contributed by atoms with E-state index in [9.17, 15) is 9.59 Å². The lowest BCUT2D eigenvalue weighted by Crippen LogP contribution is -2.40. The number of hydrogen-bond acceptors (Lipinski definition) is 4. The van der Waals surface area contributed by atoms with Gasteiger partial charge in [-0.05, 0) is 47.6 Å². The number of carbonyl (C=O) groups is 2. The second kappa shape index (κ2) is 8.69. The first-order valence-electron chi connectivity index (χ1n) is 11.8. The highest BCUT2D eigenvalue weighted by Gasteiger charge is 2.43. The third kappa shape index (κ3) is 4.54.